The van der Waals surface area contributed by atoms with E-state index in [1.807, 2.05) is 12.1 Å². The van der Waals surface area contributed by atoms with Crippen molar-refractivity contribution in [2.75, 3.05) is 0 Å². The van der Waals surface area contributed by atoms with Crippen LogP contribution in [0.2, 0.25) is 5.02 Å². The van der Waals surface area contributed by atoms with E-state index < -0.39 is 0 Å². The molecule has 0 atom stereocenters. The number of halogens is 1. The normalized spacial score (nSPS) is 14.9. The van der Waals surface area contributed by atoms with Crippen molar-refractivity contribution in [2.45, 2.75) is 32.0 Å². The van der Waals surface area contributed by atoms with Gasteiger partial charge in [0.1, 0.15) is 0 Å². The van der Waals surface area contributed by atoms with Gasteiger partial charge in [-0.3, -0.25) is 0 Å². The Hall–Kier alpha value is -1.25. The molecule has 0 spiro atoms. The summed E-state index contributed by atoms with van der Waals surface area (Å²) in [7, 11) is 0. The van der Waals surface area contributed by atoms with E-state index in [0.29, 0.717) is 0 Å². The molecule has 1 aromatic heterocycles. The lowest BCUT2D eigenvalue weighted by atomic mass is 10.2. The molecule has 3 rings (SSSR count). The van der Waals surface area contributed by atoms with Crippen LogP contribution in [0.3, 0.4) is 0 Å². The Kier molecular flexibility index (Phi) is 3.39. The van der Waals surface area contributed by atoms with E-state index in [4.69, 9.17) is 11.6 Å². The van der Waals surface area contributed by atoms with Crippen LogP contribution >= 0.6 is 11.6 Å². The van der Waals surface area contributed by atoms with E-state index in [2.05, 4.69) is 40.5 Å². The fraction of sp³-hybridized carbons (Fsp3) is 0.333. The van der Waals surface area contributed by atoms with Crippen molar-refractivity contribution >= 4 is 11.6 Å². The molecule has 3 heteroatoms. The zero-order valence-corrected chi connectivity index (χ0v) is 11.0. The van der Waals surface area contributed by atoms with Gasteiger partial charge in [-0.15, -0.1) is 0 Å². The van der Waals surface area contributed by atoms with Crippen molar-refractivity contribution in [1.82, 2.24) is 9.88 Å². The lowest BCUT2D eigenvalue weighted by Crippen LogP contribution is -2.14. The van der Waals surface area contributed by atoms with E-state index >= 15 is 0 Å². The molecule has 2 aromatic rings. The van der Waals surface area contributed by atoms with E-state index in [9.17, 15) is 0 Å². The molecule has 0 saturated heterocycles. The highest BCUT2D eigenvalue weighted by molar-refractivity contribution is 6.30. The average Bonchev–Trinajstić information content (AvgIpc) is 3.10. The van der Waals surface area contributed by atoms with Crippen LogP contribution in [0, 0.1) is 0 Å². The summed E-state index contributed by atoms with van der Waals surface area (Å²) in [4.78, 5) is 0. The lowest BCUT2D eigenvalue weighted by Gasteiger charge is -2.03. The Morgan fingerprint density at radius 1 is 1.11 bits per heavy atom. The summed E-state index contributed by atoms with van der Waals surface area (Å²) in [6, 6.07) is 11.0. The first-order valence-electron chi connectivity index (χ1n) is 6.42. The van der Waals surface area contributed by atoms with Gasteiger partial charge in [0.15, 0.2) is 0 Å². The maximum atomic E-state index is 5.88. The van der Waals surface area contributed by atoms with Crippen LogP contribution in [0.4, 0.5) is 0 Å². The second kappa shape index (κ2) is 5.17. The maximum absolute atomic E-state index is 5.88. The first kappa shape index (κ1) is 11.8. The molecule has 0 radical (unpaired) electrons. The third-order valence-corrected chi connectivity index (χ3v) is 3.51. The maximum Gasteiger partial charge on any atom is 0.0470 e. The van der Waals surface area contributed by atoms with Crippen LogP contribution in [0.15, 0.2) is 42.7 Å². The molecule has 0 amide bonds. The highest BCUT2D eigenvalue weighted by atomic mass is 35.5. The molecule has 1 fully saturated rings. The van der Waals surface area contributed by atoms with Gasteiger partial charge in [0.2, 0.25) is 0 Å². The molecule has 1 saturated carbocycles. The third-order valence-electron chi connectivity index (χ3n) is 3.26. The van der Waals surface area contributed by atoms with E-state index in [0.717, 1.165) is 24.2 Å². The number of aromatic nitrogens is 1. The summed E-state index contributed by atoms with van der Waals surface area (Å²) in [6.07, 6.45) is 7.03. The molecular formula is C15H17ClN2. The van der Waals surface area contributed by atoms with Crippen molar-refractivity contribution in [3.8, 4) is 0 Å². The van der Waals surface area contributed by atoms with Crippen LogP contribution in [-0.4, -0.2) is 10.6 Å². The monoisotopic (exact) mass is 260 g/mol. The van der Waals surface area contributed by atoms with Gasteiger partial charge in [-0.25, -0.2) is 0 Å². The van der Waals surface area contributed by atoms with Gasteiger partial charge >= 0.3 is 0 Å². The van der Waals surface area contributed by atoms with Gasteiger partial charge in [-0.05, 0) is 42.2 Å². The number of benzene rings is 1. The predicted octanol–water partition coefficient (Wildman–Crippen LogP) is 3.44. The highest BCUT2D eigenvalue weighted by Crippen LogP contribution is 2.19. The first-order chi connectivity index (χ1) is 8.79. The van der Waals surface area contributed by atoms with Gasteiger partial charge < -0.3 is 9.88 Å². The fourth-order valence-electron chi connectivity index (χ4n) is 2.04. The molecule has 0 bridgehead atoms. The first-order valence-corrected chi connectivity index (χ1v) is 6.80. The minimum Gasteiger partial charge on any atom is -0.350 e. The largest absolute Gasteiger partial charge is 0.350 e. The zero-order chi connectivity index (χ0) is 12.4. The molecule has 1 aliphatic rings. The summed E-state index contributed by atoms with van der Waals surface area (Å²) in [5.74, 6) is 0. The molecule has 1 N–H and O–H groups in total. The summed E-state index contributed by atoms with van der Waals surface area (Å²) < 4.78 is 2.22. The Balaban J connectivity index is 1.60. The average molecular weight is 261 g/mol. The van der Waals surface area contributed by atoms with Crippen LogP contribution < -0.4 is 5.32 Å². The van der Waals surface area contributed by atoms with Crippen molar-refractivity contribution < 1.29 is 0 Å². The SMILES string of the molecule is Clc1ccc(Cn2ccc(CNC3CC3)c2)cc1. The third kappa shape index (κ3) is 3.15. The Bertz CT molecular complexity index is 512. The zero-order valence-electron chi connectivity index (χ0n) is 10.3. The van der Waals surface area contributed by atoms with Crippen molar-refractivity contribution in [1.29, 1.82) is 0 Å². The van der Waals surface area contributed by atoms with Gasteiger partial charge in [0, 0.05) is 36.5 Å². The number of rotatable bonds is 5. The minimum absolute atomic E-state index is 0.768. The Morgan fingerprint density at radius 3 is 2.61 bits per heavy atom. The minimum atomic E-state index is 0.768. The number of nitrogens with zero attached hydrogens (tertiary/aromatic N) is 1. The number of hydrogen-bond donors (Lipinski definition) is 1. The lowest BCUT2D eigenvalue weighted by molar-refractivity contribution is 0.685. The Labute approximate surface area is 113 Å². The van der Waals surface area contributed by atoms with E-state index in [1.54, 1.807) is 0 Å². The summed E-state index contributed by atoms with van der Waals surface area (Å²) in [6.45, 7) is 1.89. The van der Waals surface area contributed by atoms with Crippen LogP contribution in [0.1, 0.15) is 24.0 Å². The standard InChI is InChI=1S/C15H17ClN2/c16-14-3-1-12(2-4-14)10-18-8-7-13(11-18)9-17-15-5-6-15/h1-4,7-8,11,15,17H,5-6,9-10H2. The molecule has 1 aliphatic carbocycles. The van der Waals surface area contributed by atoms with Gasteiger partial charge in [-0.1, -0.05) is 23.7 Å². The molecule has 0 unspecified atom stereocenters. The molecule has 18 heavy (non-hydrogen) atoms. The van der Waals surface area contributed by atoms with Gasteiger partial charge in [0.25, 0.3) is 0 Å². The van der Waals surface area contributed by atoms with Crippen molar-refractivity contribution in [2.24, 2.45) is 0 Å². The summed E-state index contributed by atoms with van der Waals surface area (Å²) >= 11 is 5.88. The van der Waals surface area contributed by atoms with Gasteiger partial charge in [-0.2, -0.15) is 0 Å². The predicted molar refractivity (Wildman–Crippen MR) is 74.8 cm³/mol. The quantitative estimate of drug-likeness (QED) is 0.871. The summed E-state index contributed by atoms with van der Waals surface area (Å²) in [5, 5.41) is 4.32. The van der Waals surface area contributed by atoms with E-state index in [1.165, 1.54) is 24.0 Å². The Morgan fingerprint density at radius 2 is 1.89 bits per heavy atom. The topological polar surface area (TPSA) is 17.0 Å². The van der Waals surface area contributed by atoms with Gasteiger partial charge in [0.05, 0.1) is 0 Å². The number of nitrogens with one attached hydrogen (secondary N) is 1. The highest BCUT2D eigenvalue weighted by Gasteiger charge is 2.19. The smallest absolute Gasteiger partial charge is 0.0470 e. The number of hydrogen-bond acceptors (Lipinski definition) is 1. The molecule has 94 valence electrons. The molecule has 1 aromatic carbocycles. The summed E-state index contributed by atoms with van der Waals surface area (Å²) in [5.41, 5.74) is 2.63. The van der Waals surface area contributed by atoms with Crippen LogP contribution in [0.25, 0.3) is 0 Å². The molecule has 1 heterocycles. The second-order valence-corrected chi connectivity index (χ2v) is 5.41. The fourth-order valence-corrected chi connectivity index (χ4v) is 2.17. The molecule has 2 nitrogen and oxygen atoms in total. The van der Waals surface area contributed by atoms with Crippen LogP contribution in [-0.2, 0) is 13.1 Å². The second-order valence-electron chi connectivity index (χ2n) is 4.97. The van der Waals surface area contributed by atoms with Crippen LogP contribution in [0.5, 0.6) is 0 Å². The molecular weight excluding hydrogens is 244 g/mol. The molecule has 0 aliphatic heterocycles. The van der Waals surface area contributed by atoms with Crippen molar-refractivity contribution in [3.05, 3.63) is 58.9 Å². The van der Waals surface area contributed by atoms with E-state index in [-0.39, 0.29) is 0 Å². The van der Waals surface area contributed by atoms with Crippen molar-refractivity contribution in [3.63, 3.8) is 0 Å².